The lowest BCUT2D eigenvalue weighted by molar-refractivity contribution is 0.112. The second-order valence-electron chi connectivity index (χ2n) is 4.76. The van der Waals surface area contributed by atoms with Gasteiger partial charge in [0.05, 0.1) is 0 Å². The van der Waals surface area contributed by atoms with Crippen molar-refractivity contribution in [1.29, 1.82) is 0 Å². The van der Waals surface area contributed by atoms with Crippen LogP contribution >= 0.6 is 0 Å². The zero-order valence-electron chi connectivity index (χ0n) is 9.36. The molecule has 2 nitrogen and oxygen atoms in total. The first kappa shape index (κ1) is 10.4. The first-order chi connectivity index (χ1) is 7.16. The van der Waals surface area contributed by atoms with E-state index in [1.165, 1.54) is 18.4 Å². The van der Waals surface area contributed by atoms with Crippen molar-refractivity contribution < 1.29 is 4.79 Å². The predicted molar refractivity (Wildman–Crippen MR) is 61.3 cm³/mol. The third-order valence-electron chi connectivity index (χ3n) is 3.13. The van der Waals surface area contributed by atoms with Gasteiger partial charge in [-0.05, 0) is 32.5 Å². The van der Waals surface area contributed by atoms with Gasteiger partial charge in [-0.1, -0.05) is 24.3 Å². The molecule has 2 heteroatoms. The maximum Gasteiger partial charge on any atom is 0.150 e. The molecule has 1 aromatic rings. The quantitative estimate of drug-likeness (QED) is 0.698. The highest BCUT2D eigenvalue weighted by atomic mass is 16.1. The maximum absolute atomic E-state index is 10.6. The average Bonchev–Trinajstić information content (AvgIpc) is 2.98. The molecule has 0 N–H and O–H groups in total. The van der Waals surface area contributed by atoms with Crippen molar-refractivity contribution in [3.8, 4) is 0 Å². The fourth-order valence-electron chi connectivity index (χ4n) is 2.21. The molecule has 1 fully saturated rings. The van der Waals surface area contributed by atoms with Crippen LogP contribution in [0.5, 0.6) is 0 Å². The molecule has 0 aliphatic heterocycles. The Morgan fingerprint density at radius 2 is 1.87 bits per heavy atom. The van der Waals surface area contributed by atoms with E-state index in [9.17, 15) is 4.79 Å². The minimum atomic E-state index is 0.366. The number of rotatable bonds is 4. The van der Waals surface area contributed by atoms with E-state index in [0.29, 0.717) is 5.41 Å². The van der Waals surface area contributed by atoms with E-state index in [-0.39, 0.29) is 0 Å². The Kier molecular flexibility index (Phi) is 2.61. The SMILES string of the molecule is CN(C)CC1(c2ccc(C=O)cc2)CC1. The number of hydrogen-bond acceptors (Lipinski definition) is 2. The van der Waals surface area contributed by atoms with Gasteiger partial charge in [-0.25, -0.2) is 0 Å². The first-order valence-electron chi connectivity index (χ1n) is 5.37. The predicted octanol–water partition coefficient (Wildman–Crippen LogP) is 2.09. The monoisotopic (exact) mass is 203 g/mol. The van der Waals surface area contributed by atoms with Crippen LogP contribution in [-0.4, -0.2) is 31.8 Å². The zero-order chi connectivity index (χ0) is 10.9. The first-order valence-corrected chi connectivity index (χ1v) is 5.37. The summed E-state index contributed by atoms with van der Waals surface area (Å²) in [4.78, 5) is 12.8. The van der Waals surface area contributed by atoms with Crippen LogP contribution in [-0.2, 0) is 5.41 Å². The molecule has 0 unspecified atom stereocenters. The Hall–Kier alpha value is -1.15. The van der Waals surface area contributed by atoms with Crippen LogP contribution in [0.1, 0.15) is 28.8 Å². The third kappa shape index (κ3) is 2.10. The van der Waals surface area contributed by atoms with Crippen molar-refractivity contribution in [3.05, 3.63) is 35.4 Å². The molecule has 1 aliphatic carbocycles. The highest BCUT2D eigenvalue weighted by Gasteiger charge is 2.44. The molecule has 0 radical (unpaired) electrons. The molecular weight excluding hydrogens is 186 g/mol. The van der Waals surface area contributed by atoms with Crippen molar-refractivity contribution in [1.82, 2.24) is 4.90 Å². The van der Waals surface area contributed by atoms with Gasteiger partial charge in [-0.15, -0.1) is 0 Å². The van der Waals surface area contributed by atoms with Crippen molar-refractivity contribution in [2.75, 3.05) is 20.6 Å². The third-order valence-corrected chi connectivity index (χ3v) is 3.13. The molecule has 1 aliphatic rings. The van der Waals surface area contributed by atoms with Crippen molar-refractivity contribution in [2.24, 2.45) is 0 Å². The van der Waals surface area contributed by atoms with Gasteiger partial charge in [0.1, 0.15) is 6.29 Å². The molecule has 0 saturated heterocycles. The lowest BCUT2D eigenvalue weighted by atomic mass is 9.95. The molecule has 0 heterocycles. The van der Waals surface area contributed by atoms with Gasteiger partial charge in [-0.3, -0.25) is 4.79 Å². The number of aldehydes is 1. The Bertz CT molecular complexity index is 349. The van der Waals surface area contributed by atoms with Gasteiger partial charge in [-0.2, -0.15) is 0 Å². The highest BCUT2D eigenvalue weighted by molar-refractivity contribution is 5.74. The summed E-state index contributed by atoms with van der Waals surface area (Å²) in [7, 11) is 4.22. The van der Waals surface area contributed by atoms with Gasteiger partial charge in [0.25, 0.3) is 0 Å². The molecule has 0 atom stereocenters. The summed E-state index contributed by atoms with van der Waals surface area (Å²) >= 11 is 0. The summed E-state index contributed by atoms with van der Waals surface area (Å²) in [5.41, 5.74) is 2.51. The Morgan fingerprint density at radius 1 is 1.27 bits per heavy atom. The van der Waals surface area contributed by atoms with E-state index in [1.807, 2.05) is 12.1 Å². The van der Waals surface area contributed by atoms with E-state index >= 15 is 0 Å². The number of nitrogens with zero attached hydrogens (tertiary/aromatic N) is 1. The molecule has 0 spiro atoms. The second-order valence-corrected chi connectivity index (χ2v) is 4.76. The van der Waals surface area contributed by atoms with Gasteiger partial charge >= 0.3 is 0 Å². The Morgan fingerprint density at radius 3 is 2.27 bits per heavy atom. The fraction of sp³-hybridized carbons (Fsp3) is 0.462. The minimum absolute atomic E-state index is 0.366. The van der Waals surface area contributed by atoms with Crippen molar-refractivity contribution in [3.63, 3.8) is 0 Å². The number of hydrogen-bond donors (Lipinski definition) is 0. The minimum Gasteiger partial charge on any atom is -0.309 e. The van der Waals surface area contributed by atoms with E-state index in [4.69, 9.17) is 0 Å². The summed E-state index contributed by atoms with van der Waals surface area (Å²) in [5.74, 6) is 0. The highest BCUT2D eigenvalue weighted by Crippen LogP contribution is 2.48. The number of carbonyl (C=O) groups excluding carboxylic acids is 1. The van der Waals surface area contributed by atoms with Crippen LogP contribution in [0.25, 0.3) is 0 Å². The van der Waals surface area contributed by atoms with Crippen LogP contribution in [0.4, 0.5) is 0 Å². The molecule has 0 amide bonds. The lowest BCUT2D eigenvalue weighted by Gasteiger charge is -2.20. The molecule has 2 rings (SSSR count). The second kappa shape index (κ2) is 3.78. The number of carbonyl (C=O) groups is 1. The van der Waals surface area contributed by atoms with Crippen LogP contribution in [0.2, 0.25) is 0 Å². The zero-order valence-corrected chi connectivity index (χ0v) is 9.36. The molecule has 0 aromatic heterocycles. The van der Waals surface area contributed by atoms with Gasteiger partial charge in [0.15, 0.2) is 0 Å². The topological polar surface area (TPSA) is 20.3 Å². The molecule has 0 bridgehead atoms. The van der Waals surface area contributed by atoms with Crippen molar-refractivity contribution >= 4 is 6.29 Å². The molecule has 1 saturated carbocycles. The van der Waals surface area contributed by atoms with E-state index < -0.39 is 0 Å². The van der Waals surface area contributed by atoms with Gasteiger partial charge in [0.2, 0.25) is 0 Å². The Labute approximate surface area is 90.9 Å². The summed E-state index contributed by atoms with van der Waals surface area (Å²) in [6, 6.07) is 8.02. The van der Waals surface area contributed by atoms with E-state index in [2.05, 4.69) is 31.1 Å². The van der Waals surface area contributed by atoms with E-state index in [1.54, 1.807) is 0 Å². The fourth-order valence-corrected chi connectivity index (χ4v) is 2.21. The largest absolute Gasteiger partial charge is 0.309 e. The summed E-state index contributed by atoms with van der Waals surface area (Å²) in [5, 5.41) is 0. The van der Waals surface area contributed by atoms with Crippen LogP contribution in [0.15, 0.2) is 24.3 Å². The molecule has 15 heavy (non-hydrogen) atoms. The number of benzene rings is 1. The molecule has 80 valence electrons. The Balaban J connectivity index is 2.18. The van der Waals surface area contributed by atoms with Gasteiger partial charge < -0.3 is 4.90 Å². The molecule has 1 aromatic carbocycles. The number of likely N-dealkylation sites (N-methyl/N-ethyl adjacent to an activating group) is 1. The summed E-state index contributed by atoms with van der Waals surface area (Å²) in [6.07, 6.45) is 3.44. The van der Waals surface area contributed by atoms with Crippen LogP contribution in [0.3, 0.4) is 0 Å². The van der Waals surface area contributed by atoms with Crippen LogP contribution in [0, 0.1) is 0 Å². The molecular formula is C13H17NO. The summed E-state index contributed by atoms with van der Waals surface area (Å²) < 4.78 is 0. The smallest absolute Gasteiger partial charge is 0.150 e. The summed E-state index contributed by atoms with van der Waals surface area (Å²) in [6.45, 7) is 1.10. The average molecular weight is 203 g/mol. The van der Waals surface area contributed by atoms with Gasteiger partial charge in [0, 0.05) is 17.5 Å². The van der Waals surface area contributed by atoms with Crippen LogP contribution < -0.4 is 0 Å². The van der Waals surface area contributed by atoms with Crippen molar-refractivity contribution in [2.45, 2.75) is 18.3 Å². The van der Waals surface area contributed by atoms with E-state index in [0.717, 1.165) is 18.4 Å². The standard InChI is InChI=1S/C13H17NO/c1-14(2)10-13(7-8-13)12-5-3-11(9-15)4-6-12/h3-6,9H,7-8,10H2,1-2H3. The normalized spacial score (nSPS) is 17.8. The maximum atomic E-state index is 10.6. The lowest BCUT2D eigenvalue weighted by Crippen LogP contribution is -2.25.